The number of non-ortho nitro benzene ring substituents is 1. The van der Waals surface area contributed by atoms with Crippen LogP contribution in [0, 0.1) is 10.1 Å². The van der Waals surface area contributed by atoms with Crippen molar-refractivity contribution in [3.8, 4) is 0 Å². The standard InChI is InChI=1S/C29H32BrN3O4S/c1-29(2,3)31-28(35)26(17-21-7-5-4-6-8-21)32(18-22-9-13-24(30)14-10-22)27(34)20-38-19-23-11-15-25(16-12-23)33(36)37/h4-16,26H,17-20H2,1-3H3,(H,31,35)/t26-/m0/s1. The van der Waals surface area contributed by atoms with Crippen molar-refractivity contribution in [3.63, 3.8) is 0 Å². The van der Waals surface area contributed by atoms with Gasteiger partial charge >= 0.3 is 0 Å². The van der Waals surface area contributed by atoms with Crippen LogP contribution in [0.15, 0.2) is 83.3 Å². The van der Waals surface area contributed by atoms with Gasteiger partial charge in [0.1, 0.15) is 6.04 Å². The van der Waals surface area contributed by atoms with Gasteiger partial charge in [-0.25, -0.2) is 0 Å². The van der Waals surface area contributed by atoms with Crippen LogP contribution in [-0.4, -0.2) is 39.0 Å². The van der Waals surface area contributed by atoms with Crippen molar-refractivity contribution in [2.45, 2.75) is 51.1 Å². The quantitative estimate of drug-likeness (QED) is 0.211. The molecule has 3 aromatic carbocycles. The number of nitro benzene ring substituents is 1. The van der Waals surface area contributed by atoms with Gasteiger partial charge in [-0.05, 0) is 49.6 Å². The zero-order valence-corrected chi connectivity index (χ0v) is 24.1. The molecule has 0 aliphatic rings. The number of halogens is 1. The van der Waals surface area contributed by atoms with Crippen molar-refractivity contribution in [2.24, 2.45) is 0 Å². The van der Waals surface area contributed by atoms with Gasteiger partial charge in [0.2, 0.25) is 11.8 Å². The normalized spacial score (nSPS) is 12.0. The summed E-state index contributed by atoms with van der Waals surface area (Å²) < 4.78 is 0.934. The Morgan fingerprint density at radius 3 is 2.13 bits per heavy atom. The Hall–Kier alpha value is -3.17. The van der Waals surface area contributed by atoms with Crippen LogP contribution in [-0.2, 0) is 28.3 Å². The largest absolute Gasteiger partial charge is 0.350 e. The van der Waals surface area contributed by atoms with Crippen molar-refractivity contribution < 1.29 is 14.5 Å². The van der Waals surface area contributed by atoms with Crippen molar-refractivity contribution >= 4 is 45.2 Å². The molecule has 3 aromatic rings. The lowest BCUT2D eigenvalue weighted by Crippen LogP contribution is -2.54. The van der Waals surface area contributed by atoms with Crippen LogP contribution in [0.3, 0.4) is 0 Å². The van der Waals surface area contributed by atoms with Gasteiger partial charge in [0, 0.05) is 40.9 Å². The molecule has 0 bridgehead atoms. The first-order valence-corrected chi connectivity index (χ1v) is 14.2. The molecular weight excluding hydrogens is 566 g/mol. The Morgan fingerprint density at radius 2 is 1.55 bits per heavy atom. The van der Waals surface area contributed by atoms with E-state index in [2.05, 4.69) is 21.2 Å². The van der Waals surface area contributed by atoms with Gasteiger partial charge in [-0.1, -0.05) is 70.5 Å². The molecule has 2 amide bonds. The first-order chi connectivity index (χ1) is 18.0. The topological polar surface area (TPSA) is 92.6 Å². The first-order valence-electron chi connectivity index (χ1n) is 12.2. The summed E-state index contributed by atoms with van der Waals surface area (Å²) in [5.41, 5.74) is 2.35. The molecule has 0 unspecified atom stereocenters. The average molecular weight is 599 g/mol. The summed E-state index contributed by atoms with van der Waals surface area (Å²) >= 11 is 4.87. The van der Waals surface area contributed by atoms with Crippen LogP contribution in [0.4, 0.5) is 5.69 Å². The van der Waals surface area contributed by atoms with E-state index in [1.54, 1.807) is 17.0 Å². The third-order valence-electron chi connectivity index (χ3n) is 5.68. The summed E-state index contributed by atoms with van der Waals surface area (Å²) in [4.78, 5) is 39.4. The van der Waals surface area contributed by atoms with Crippen molar-refractivity contribution in [1.82, 2.24) is 10.2 Å². The molecule has 200 valence electrons. The minimum absolute atomic E-state index is 0.0316. The van der Waals surface area contributed by atoms with E-state index in [1.165, 1.54) is 23.9 Å². The van der Waals surface area contributed by atoms with Crippen LogP contribution in [0.2, 0.25) is 0 Å². The van der Waals surface area contributed by atoms with Crippen LogP contribution in [0.5, 0.6) is 0 Å². The van der Waals surface area contributed by atoms with Crippen molar-refractivity contribution in [2.75, 3.05) is 5.75 Å². The van der Waals surface area contributed by atoms with Gasteiger partial charge in [0.15, 0.2) is 0 Å². The summed E-state index contributed by atoms with van der Waals surface area (Å²) in [6.07, 6.45) is 0.387. The van der Waals surface area contributed by atoms with E-state index in [1.807, 2.05) is 75.4 Å². The number of thioether (sulfide) groups is 1. The highest BCUT2D eigenvalue weighted by molar-refractivity contribution is 9.10. The fourth-order valence-electron chi connectivity index (χ4n) is 3.85. The lowest BCUT2D eigenvalue weighted by atomic mass is 10.0. The highest BCUT2D eigenvalue weighted by Gasteiger charge is 2.32. The number of nitrogens with one attached hydrogen (secondary N) is 1. The SMILES string of the molecule is CC(C)(C)NC(=O)[C@H](Cc1ccccc1)N(Cc1ccc(Br)cc1)C(=O)CSCc1ccc([N+](=O)[O-])cc1. The van der Waals surface area contributed by atoms with Crippen molar-refractivity contribution in [1.29, 1.82) is 0 Å². The van der Waals surface area contributed by atoms with E-state index in [0.717, 1.165) is 21.2 Å². The number of hydrogen-bond donors (Lipinski definition) is 1. The molecule has 0 saturated heterocycles. The Bertz CT molecular complexity index is 1230. The number of amides is 2. The van der Waals surface area contributed by atoms with E-state index in [0.29, 0.717) is 18.7 Å². The molecule has 0 spiro atoms. The van der Waals surface area contributed by atoms with Gasteiger partial charge in [-0.15, -0.1) is 11.8 Å². The molecule has 1 N–H and O–H groups in total. The van der Waals surface area contributed by atoms with Gasteiger partial charge in [0.25, 0.3) is 5.69 Å². The van der Waals surface area contributed by atoms with Crippen LogP contribution >= 0.6 is 27.7 Å². The highest BCUT2D eigenvalue weighted by Crippen LogP contribution is 2.21. The lowest BCUT2D eigenvalue weighted by molar-refractivity contribution is -0.384. The second kappa shape index (κ2) is 13.6. The fourth-order valence-corrected chi connectivity index (χ4v) is 4.98. The highest BCUT2D eigenvalue weighted by atomic mass is 79.9. The maximum absolute atomic E-state index is 13.7. The zero-order chi connectivity index (χ0) is 27.7. The second-order valence-corrected chi connectivity index (χ2v) is 11.9. The van der Waals surface area contributed by atoms with E-state index >= 15 is 0 Å². The molecule has 0 radical (unpaired) electrons. The Balaban J connectivity index is 1.83. The van der Waals surface area contributed by atoms with E-state index in [9.17, 15) is 19.7 Å². The summed E-state index contributed by atoms with van der Waals surface area (Å²) in [5.74, 6) is 0.339. The molecule has 0 aromatic heterocycles. The second-order valence-electron chi connectivity index (χ2n) is 10.0. The van der Waals surface area contributed by atoms with Crippen LogP contribution in [0.1, 0.15) is 37.5 Å². The van der Waals surface area contributed by atoms with Crippen molar-refractivity contribution in [3.05, 3.63) is 110 Å². The third-order valence-corrected chi connectivity index (χ3v) is 7.19. The number of benzene rings is 3. The van der Waals surface area contributed by atoms with Gasteiger partial charge in [0.05, 0.1) is 10.7 Å². The van der Waals surface area contributed by atoms with Gasteiger partial charge in [-0.2, -0.15) is 0 Å². The minimum Gasteiger partial charge on any atom is -0.350 e. The maximum atomic E-state index is 13.7. The lowest BCUT2D eigenvalue weighted by Gasteiger charge is -2.34. The molecule has 0 aliphatic heterocycles. The van der Waals surface area contributed by atoms with Crippen LogP contribution in [0.25, 0.3) is 0 Å². The minimum atomic E-state index is -0.701. The number of carbonyl (C=O) groups is 2. The molecule has 38 heavy (non-hydrogen) atoms. The number of nitrogens with zero attached hydrogens (tertiary/aromatic N) is 2. The summed E-state index contributed by atoms with van der Waals surface area (Å²) in [5, 5.41) is 14.0. The Kier molecular flexibility index (Phi) is 10.5. The molecular formula is C29H32BrN3O4S. The molecule has 7 nitrogen and oxygen atoms in total. The molecule has 1 atom stereocenters. The predicted octanol–water partition coefficient (Wildman–Crippen LogP) is 6.15. The fraction of sp³-hybridized carbons (Fsp3) is 0.310. The van der Waals surface area contributed by atoms with E-state index < -0.39 is 16.5 Å². The predicted molar refractivity (Wildman–Crippen MR) is 156 cm³/mol. The molecule has 9 heteroatoms. The van der Waals surface area contributed by atoms with E-state index in [4.69, 9.17) is 0 Å². The number of hydrogen-bond acceptors (Lipinski definition) is 5. The molecule has 0 heterocycles. The number of carbonyl (C=O) groups excluding carboxylic acids is 2. The smallest absolute Gasteiger partial charge is 0.269 e. The Morgan fingerprint density at radius 1 is 0.947 bits per heavy atom. The van der Waals surface area contributed by atoms with Gasteiger partial charge in [-0.3, -0.25) is 19.7 Å². The molecule has 3 rings (SSSR count). The summed E-state index contributed by atoms with van der Waals surface area (Å²) in [7, 11) is 0. The zero-order valence-electron chi connectivity index (χ0n) is 21.7. The molecule has 0 fully saturated rings. The number of rotatable bonds is 11. The average Bonchev–Trinajstić information content (AvgIpc) is 2.87. The summed E-state index contributed by atoms with van der Waals surface area (Å²) in [6.45, 7) is 6.06. The van der Waals surface area contributed by atoms with Gasteiger partial charge < -0.3 is 10.2 Å². The molecule has 0 saturated carbocycles. The number of nitro groups is 1. The van der Waals surface area contributed by atoms with E-state index in [-0.39, 0.29) is 23.3 Å². The first kappa shape index (κ1) is 29.4. The third kappa shape index (κ3) is 9.29. The van der Waals surface area contributed by atoms with Crippen LogP contribution < -0.4 is 5.32 Å². The monoisotopic (exact) mass is 597 g/mol. The Labute approximate surface area is 236 Å². The molecule has 0 aliphatic carbocycles. The maximum Gasteiger partial charge on any atom is 0.269 e. The summed E-state index contributed by atoms with van der Waals surface area (Å²) in [6, 6.07) is 23.0.